The van der Waals surface area contributed by atoms with Gasteiger partial charge in [-0.1, -0.05) is 11.6 Å². The van der Waals surface area contributed by atoms with E-state index < -0.39 is 0 Å². The maximum absolute atomic E-state index is 6.59. The molecule has 0 saturated carbocycles. The Kier molecular flexibility index (Phi) is 3.18. The van der Waals surface area contributed by atoms with Crippen LogP contribution in [0.3, 0.4) is 0 Å². The number of aromatic nitrogens is 2. The number of halogens is 1. The van der Waals surface area contributed by atoms with Crippen LogP contribution in [0.1, 0.15) is 24.0 Å². The summed E-state index contributed by atoms with van der Waals surface area (Å²) in [6, 6.07) is 1.89. The molecule has 0 fully saturated rings. The van der Waals surface area contributed by atoms with E-state index >= 15 is 0 Å². The van der Waals surface area contributed by atoms with Gasteiger partial charge in [0.05, 0.1) is 29.5 Å². The topological polar surface area (TPSA) is 62.3 Å². The van der Waals surface area contributed by atoms with Crippen LogP contribution in [0.5, 0.6) is 11.5 Å². The van der Waals surface area contributed by atoms with Gasteiger partial charge >= 0.3 is 0 Å². The van der Waals surface area contributed by atoms with Crippen molar-refractivity contribution in [3.63, 3.8) is 0 Å². The molecule has 0 saturated heterocycles. The van der Waals surface area contributed by atoms with Crippen molar-refractivity contribution in [1.29, 1.82) is 0 Å². The fourth-order valence-electron chi connectivity index (χ4n) is 3.26. The van der Waals surface area contributed by atoms with E-state index in [1.54, 1.807) is 4.68 Å². The Morgan fingerprint density at radius 3 is 2.50 bits per heavy atom. The molecular weight excluding hydrogens is 302 g/mol. The lowest BCUT2D eigenvalue weighted by Crippen LogP contribution is -2.16. The summed E-state index contributed by atoms with van der Waals surface area (Å²) in [5.41, 5.74) is 9.92. The van der Waals surface area contributed by atoms with Gasteiger partial charge in [0.25, 0.3) is 0 Å². The Labute approximate surface area is 134 Å². The number of benzene rings is 1. The normalized spacial score (nSPS) is 16.5. The summed E-state index contributed by atoms with van der Waals surface area (Å²) < 4.78 is 13.5. The maximum Gasteiger partial charge on any atom is 0.142 e. The first-order chi connectivity index (χ1) is 10.7. The van der Waals surface area contributed by atoms with E-state index in [1.807, 2.05) is 13.1 Å². The van der Waals surface area contributed by atoms with Crippen LogP contribution in [0.2, 0.25) is 5.02 Å². The van der Waals surface area contributed by atoms with Gasteiger partial charge in [0.15, 0.2) is 0 Å². The van der Waals surface area contributed by atoms with Crippen LogP contribution >= 0.6 is 11.6 Å². The smallest absolute Gasteiger partial charge is 0.142 e. The van der Waals surface area contributed by atoms with Crippen LogP contribution in [0.4, 0.5) is 5.82 Å². The average molecular weight is 320 g/mol. The molecule has 0 unspecified atom stereocenters. The highest BCUT2D eigenvalue weighted by atomic mass is 35.5. The van der Waals surface area contributed by atoms with Crippen LogP contribution in [0.25, 0.3) is 11.3 Å². The molecule has 0 radical (unpaired) electrons. The first-order valence-corrected chi connectivity index (χ1v) is 7.97. The van der Waals surface area contributed by atoms with Crippen LogP contribution in [-0.2, 0) is 19.9 Å². The van der Waals surface area contributed by atoms with Crippen molar-refractivity contribution >= 4 is 17.4 Å². The Hall–Kier alpha value is -1.88. The number of aryl methyl sites for hydroxylation is 1. The molecule has 3 heterocycles. The lowest BCUT2D eigenvalue weighted by molar-refractivity contribution is 0.274. The number of anilines is 1. The molecule has 22 heavy (non-hydrogen) atoms. The van der Waals surface area contributed by atoms with Gasteiger partial charge in [-0.05, 0) is 25.7 Å². The van der Waals surface area contributed by atoms with E-state index in [0.29, 0.717) is 24.1 Å². The minimum absolute atomic E-state index is 0.625. The summed E-state index contributed by atoms with van der Waals surface area (Å²) in [5, 5.41) is 5.24. The molecular formula is C16H18ClN3O2. The molecule has 2 N–H and O–H groups in total. The highest BCUT2D eigenvalue weighted by Crippen LogP contribution is 2.50. The van der Waals surface area contributed by atoms with Gasteiger partial charge in [0, 0.05) is 24.2 Å². The zero-order chi connectivity index (χ0) is 15.3. The predicted octanol–water partition coefficient (Wildman–Crippen LogP) is 2.97. The molecule has 0 amide bonds. The molecule has 6 heteroatoms. The zero-order valence-corrected chi connectivity index (χ0v) is 13.2. The van der Waals surface area contributed by atoms with Crippen molar-refractivity contribution < 1.29 is 9.47 Å². The fraction of sp³-hybridized carbons (Fsp3) is 0.438. The van der Waals surface area contributed by atoms with E-state index in [9.17, 15) is 0 Å². The molecule has 1 aromatic heterocycles. The van der Waals surface area contributed by atoms with Gasteiger partial charge in [-0.3, -0.25) is 4.68 Å². The van der Waals surface area contributed by atoms with Crippen molar-refractivity contribution in [2.75, 3.05) is 18.9 Å². The lowest BCUT2D eigenvalue weighted by atomic mass is 9.91. The Balaban J connectivity index is 2.03. The fourth-order valence-corrected chi connectivity index (χ4v) is 3.61. The van der Waals surface area contributed by atoms with Gasteiger partial charge in [0.2, 0.25) is 0 Å². The van der Waals surface area contributed by atoms with Crippen LogP contribution in [0, 0.1) is 0 Å². The SMILES string of the molecule is Cn1nc(-c2c3c(c(Cl)c4c2OCCC4)OCCC3)cc1N. The molecule has 1 aromatic carbocycles. The van der Waals surface area contributed by atoms with Crippen LogP contribution in [-0.4, -0.2) is 23.0 Å². The van der Waals surface area contributed by atoms with Crippen LogP contribution < -0.4 is 15.2 Å². The van der Waals surface area contributed by atoms with Crippen molar-refractivity contribution in [2.45, 2.75) is 25.7 Å². The quantitative estimate of drug-likeness (QED) is 0.877. The second-order valence-corrected chi connectivity index (χ2v) is 6.16. The number of ether oxygens (including phenoxy) is 2. The van der Waals surface area contributed by atoms with Crippen molar-refractivity contribution in [3.05, 3.63) is 22.2 Å². The number of nitrogens with zero attached hydrogens (tertiary/aromatic N) is 2. The molecule has 2 aliphatic heterocycles. The van der Waals surface area contributed by atoms with E-state index in [0.717, 1.165) is 59.6 Å². The molecule has 0 bridgehead atoms. The number of hydrogen-bond donors (Lipinski definition) is 1. The zero-order valence-electron chi connectivity index (χ0n) is 12.5. The number of nitrogen functional groups attached to an aromatic ring is 1. The second-order valence-electron chi connectivity index (χ2n) is 5.79. The van der Waals surface area contributed by atoms with Gasteiger partial charge in [-0.15, -0.1) is 0 Å². The number of nitrogens with two attached hydrogens (primary N) is 1. The van der Waals surface area contributed by atoms with Crippen molar-refractivity contribution in [2.24, 2.45) is 7.05 Å². The van der Waals surface area contributed by atoms with Gasteiger partial charge in [-0.2, -0.15) is 5.10 Å². The monoisotopic (exact) mass is 319 g/mol. The highest BCUT2D eigenvalue weighted by molar-refractivity contribution is 6.33. The van der Waals surface area contributed by atoms with E-state index in [4.69, 9.17) is 26.8 Å². The lowest BCUT2D eigenvalue weighted by Gasteiger charge is -2.28. The summed E-state index contributed by atoms with van der Waals surface area (Å²) in [6.45, 7) is 1.41. The summed E-state index contributed by atoms with van der Waals surface area (Å²) in [6.07, 6.45) is 3.75. The Morgan fingerprint density at radius 2 is 1.82 bits per heavy atom. The molecule has 2 aliphatic rings. The maximum atomic E-state index is 6.59. The summed E-state index contributed by atoms with van der Waals surface area (Å²) in [4.78, 5) is 0. The predicted molar refractivity (Wildman–Crippen MR) is 85.7 cm³/mol. The molecule has 0 aliphatic carbocycles. The van der Waals surface area contributed by atoms with E-state index in [-0.39, 0.29) is 0 Å². The number of rotatable bonds is 1. The first kappa shape index (κ1) is 13.8. The van der Waals surface area contributed by atoms with Crippen molar-refractivity contribution in [1.82, 2.24) is 9.78 Å². The third-order valence-corrected chi connectivity index (χ3v) is 4.75. The minimum atomic E-state index is 0.625. The molecule has 2 aromatic rings. The van der Waals surface area contributed by atoms with E-state index in [1.165, 1.54) is 0 Å². The van der Waals surface area contributed by atoms with Gasteiger partial charge in [-0.25, -0.2) is 0 Å². The standard InChI is InChI=1S/C16H18ClN3O2/c1-20-12(18)8-11(19-20)13-9-4-2-7-22-16(9)14(17)10-5-3-6-21-15(10)13/h8H,2-7,18H2,1H3. The molecule has 0 atom stereocenters. The highest BCUT2D eigenvalue weighted by Gasteiger charge is 2.30. The average Bonchev–Trinajstić information content (AvgIpc) is 2.87. The molecule has 116 valence electrons. The Morgan fingerprint density at radius 1 is 1.14 bits per heavy atom. The van der Waals surface area contributed by atoms with Crippen molar-refractivity contribution in [3.8, 4) is 22.8 Å². The summed E-state index contributed by atoms with van der Waals surface area (Å²) >= 11 is 6.59. The minimum Gasteiger partial charge on any atom is -0.493 e. The number of fused-ring (bicyclic) bond motifs is 2. The number of hydrogen-bond acceptors (Lipinski definition) is 4. The molecule has 4 rings (SSSR count). The first-order valence-electron chi connectivity index (χ1n) is 7.59. The largest absolute Gasteiger partial charge is 0.493 e. The third kappa shape index (κ3) is 1.96. The van der Waals surface area contributed by atoms with Gasteiger partial charge in [0.1, 0.15) is 17.3 Å². The molecule has 0 spiro atoms. The summed E-state index contributed by atoms with van der Waals surface area (Å²) in [5.74, 6) is 2.29. The third-order valence-electron chi connectivity index (χ3n) is 4.35. The van der Waals surface area contributed by atoms with Gasteiger partial charge < -0.3 is 15.2 Å². The molecule has 5 nitrogen and oxygen atoms in total. The second kappa shape index (κ2) is 5.09. The summed E-state index contributed by atoms with van der Waals surface area (Å²) in [7, 11) is 1.84. The Bertz CT molecular complexity index is 698. The van der Waals surface area contributed by atoms with Crippen LogP contribution in [0.15, 0.2) is 6.07 Å². The van der Waals surface area contributed by atoms with E-state index in [2.05, 4.69) is 5.10 Å².